The molecule has 0 bridgehead atoms. The highest BCUT2D eigenvalue weighted by atomic mass is 16.4. The van der Waals surface area contributed by atoms with Crippen molar-refractivity contribution < 1.29 is 9.52 Å². The van der Waals surface area contributed by atoms with Gasteiger partial charge in [-0.25, -0.2) is 9.78 Å². The molecule has 0 radical (unpaired) electrons. The number of furan rings is 1. The Hall–Kier alpha value is -3.36. The number of aromatic amines is 2. The average Bonchev–Trinajstić information content (AvgIpc) is 3.00. The molecule has 0 aromatic carbocycles. The molecule has 0 unspecified atom stereocenters. The highest BCUT2D eigenvalue weighted by Crippen LogP contribution is 2.13. The van der Waals surface area contributed by atoms with Gasteiger partial charge in [0.1, 0.15) is 11.3 Å². The third-order valence-corrected chi connectivity index (χ3v) is 3.04. The van der Waals surface area contributed by atoms with Crippen LogP contribution in [-0.2, 0) is 7.05 Å². The molecule has 0 saturated heterocycles. The number of aliphatic hydroxyl groups is 1. The predicted molar refractivity (Wildman–Crippen MR) is 77.4 cm³/mol. The largest absolute Gasteiger partial charge is 0.504 e. The van der Waals surface area contributed by atoms with Crippen LogP contribution in [0, 0.1) is 0 Å². The fourth-order valence-electron chi connectivity index (χ4n) is 1.92. The number of fused-ring (bicyclic) bond motifs is 1. The van der Waals surface area contributed by atoms with E-state index in [1.165, 1.54) is 19.4 Å². The minimum absolute atomic E-state index is 0.00612. The van der Waals surface area contributed by atoms with Crippen molar-refractivity contribution in [2.45, 2.75) is 0 Å². The van der Waals surface area contributed by atoms with Crippen molar-refractivity contribution in [1.82, 2.24) is 19.5 Å². The first-order valence-electron chi connectivity index (χ1n) is 6.15. The first-order chi connectivity index (χ1) is 10.5. The molecule has 22 heavy (non-hydrogen) atoms. The summed E-state index contributed by atoms with van der Waals surface area (Å²) in [6.07, 6.45) is 2.43. The summed E-state index contributed by atoms with van der Waals surface area (Å²) in [4.78, 5) is 43.6. The van der Waals surface area contributed by atoms with Gasteiger partial charge in [-0.3, -0.25) is 19.1 Å². The Balaban J connectivity index is 2.27. The molecule has 0 aliphatic rings. The molecular formula is C13H10N4O5. The van der Waals surface area contributed by atoms with Crippen LogP contribution in [0.2, 0.25) is 0 Å². The molecule has 9 heteroatoms. The average molecular weight is 302 g/mol. The molecule has 0 aliphatic heterocycles. The summed E-state index contributed by atoms with van der Waals surface area (Å²) < 4.78 is 6.04. The minimum Gasteiger partial charge on any atom is -0.504 e. The van der Waals surface area contributed by atoms with E-state index in [2.05, 4.69) is 15.0 Å². The van der Waals surface area contributed by atoms with Crippen LogP contribution in [-0.4, -0.2) is 24.6 Å². The molecule has 0 amide bonds. The molecule has 9 nitrogen and oxygen atoms in total. The SMILES string of the molecule is Cn1c(=O)[nH]c(=O)c2nc(/C=C(\O)c3ccco3)c(=O)[nH]c21. The van der Waals surface area contributed by atoms with Crippen LogP contribution in [0.25, 0.3) is 23.0 Å². The van der Waals surface area contributed by atoms with Crippen LogP contribution in [0.4, 0.5) is 0 Å². The maximum absolute atomic E-state index is 12.0. The van der Waals surface area contributed by atoms with Crippen LogP contribution >= 0.6 is 0 Å². The predicted octanol–water partition coefficient (Wildman–Crippen LogP) is -0.0408. The highest BCUT2D eigenvalue weighted by Gasteiger charge is 2.11. The Morgan fingerprint density at radius 1 is 1.32 bits per heavy atom. The van der Waals surface area contributed by atoms with E-state index in [0.717, 1.165) is 10.6 Å². The Morgan fingerprint density at radius 3 is 2.77 bits per heavy atom. The fraction of sp³-hybridized carbons (Fsp3) is 0.0769. The van der Waals surface area contributed by atoms with Crippen molar-refractivity contribution in [3.8, 4) is 0 Å². The molecular weight excluding hydrogens is 292 g/mol. The van der Waals surface area contributed by atoms with E-state index in [1.54, 1.807) is 6.07 Å². The number of hydrogen-bond donors (Lipinski definition) is 3. The van der Waals surface area contributed by atoms with E-state index in [9.17, 15) is 19.5 Å². The summed E-state index contributed by atoms with van der Waals surface area (Å²) in [5, 5.41) is 9.86. The molecule has 0 spiro atoms. The standard InChI is InChI=1S/C13H10N4O5/c1-17-10-9(12(20)16-13(17)21)14-6(11(19)15-10)5-7(18)8-3-2-4-22-8/h2-5,18H,1H3,(H,15,19)(H,16,20,21)/b7-5-. The van der Waals surface area contributed by atoms with Gasteiger partial charge >= 0.3 is 5.69 Å². The molecule has 3 N–H and O–H groups in total. The summed E-state index contributed by atoms with van der Waals surface area (Å²) in [6, 6.07) is 3.06. The molecule has 3 aromatic rings. The minimum atomic E-state index is -0.735. The maximum atomic E-state index is 12.0. The molecule has 3 heterocycles. The number of aromatic nitrogens is 4. The lowest BCUT2D eigenvalue weighted by molar-refractivity contribution is 0.462. The van der Waals surface area contributed by atoms with Crippen molar-refractivity contribution in [3.05, 3.63) is 61.0 Å². The molecule has 0 aliphatic carbocycles. The third-order valence-electron chi connectivity index (χ3n) is 3.04. The third kappa shape index (κ3) is 2.14. The number of aryl methyl sites for hydroxylation is 1. The zero-order valence-electron chi connectivity index (χ0n) is 11.3. The van der Waals surface area contributed by atoms with E-state index in [0.29, 0.717) is 0 Å². The highest BCUT2D eigenvalue weighted by molar-refractivity contribution is 5.75. The van der Waals surface area contributed by atoms with Gasteiger partial charge in [-0.2, -0.15) is 0 Å². The summed E-state index contributed by atoms with van der Waals surface area (Å²) in [6.45, 7) is 0. The van der Waals surface area contributed by atoms with Gasteiger partial charge in [-0.1, -0.05) is 0 Å². The second kappa shape index (κ2) is 4.88. The number of hydrogen-bond acceptors (Lipinski definition) is 6. The van der Waals surface area contributed by atoms with Gasteiger partial charge in [-0.05, 0) is 12.1 Å². The van der Waals surface area contributed by atoms with E-state index in [-0.39, 0.29) is 28.4 Å². The van der Waals surface area contributed by atoms with Crippen molar-refractivity contribution in [2.24, 2.45) is 7.05 Å². The lowest BCUT2D eigenvalue weighted by Crippen LogP contribution is -2.31. The van der Waals surface area contributed by atoms with Crippen LogP contribution in [0.3, 0.4) is 0 Å². The zero-order valence-corrected chi connectivity index (χ0v) is 11.3. The van der Waals surface area contributed by atoms with E-state index >= 15 is 0 Å². The zero-order chi connectivity index (χ0) is 15.9. The summed E-state index contributed by atoms with van der Waals surface area (Å²) in [5.74, 6) is -0.167. The number of nitrogens with zero attached hydrogens (tertiary/aromatic N) is 2. The van der Waals surface area contributed by atoms with E-state index in [1.807, 2.05) is 0 Å². The van der Waals surface area contributed by atoms with Gasteiger partial charge in [-0.15, -0.1) is 0 Å². The molecule has 0 fully saturated rings. The van der Waals surface area contributed by atoms with Crippen molar-refractivity contribution in [2.75, 3.05) is 0 Å². The van der Waals surface area contributed by atoms with Gasteiger partial charge < -0.3 is 14.5 Å². The van der Waals surface area contributed by atoms with Crippen molar-refractivity contribution >= 4 is 23.0 Å². The lowest BCUT2D eigenvalue weighted by Gasteiger charge is -2.03. The fourth-order valence-corrected chi connectivity index (χ4v) is 1.92. The maximum Gasteiger partial charge on any atom is 0.329 e. The Morgan fingerprint density at radius 2 is 2.09 bits per heavy atom. The Bertz CT molecular complexity index is 1050. The topological polar surface area (TPSA) is 134 Å². The van der Waals surface area contributed by atoms with Gasteiger partial charge in [0.2, 0.25) is 0 Å². The lowest BCUT2D eigenvalue weighted by atomic mass is 10.3. The second-order valence-electron chi connectivity index (χ2n) is 4.47. The number of aliphatic hydroxyl groups excluding tert-OH is 1. The molecule has 0 atom stereocenters. The quantitative estimate of drug-likeness (QED) is 0.569. The van der Waals surface area contributed by atoms with E-state index in [4.69, 9.17) is 4.42 Å². The van der Waals surface area contributed by atoms with E-state index < -0.39 is 16.8 Å². The summed E-state index contributed by atoms with van der Waals surface area (Å²) in [7, 11) is 1.38. The smallest absolute Gasteiger partial charge is 0.329 e. The van der Waals surface area contributed by atoms with Gasteiger partial charge in [0.25, 0.3) is 11.1 Å². The van der Waals surface area contributed by atoms with Crippen LogP contribution in [0.15, 0.2) is 37.2 Å². The molecule has 3 rings (SSSR count). The van der Waals surface area contributed by atoms with Crippen LogP contribution in [0.5, 0.6) is 0 Å². The first kappa shape index (κ1) is 13.6. The Labute approximate surface area is 121 Å². The van der Waals surface area contributed by atoms with Crippen molar-refractivity contribution in [1.29, 1.82) is 0 Å². The monoisotopic (exact) mass is 302 g/mol. The van der Waals surface area contributed by atoms with Crippen molar-refractivity contribution in [3.63, 3.8) is 0 Å². The van der Waals surface area contributed by atoms with Crippen LogP contribution < -0.4 is 16.8 Å². The number of rotatable bonds is 2. The normalized spacial score (nSPS) is 12.0. The van der Waals surface area contributed by atoms with Gasteiger partial charge in [0.15, 0.2) is 17.0 Å². The first-order valence-corrected chi connectivity index (χ1v) is 6.15. The van der Waals surface area contributed by atoms with Gasteiger partial charge in [0.05, 0.1) is 6.26 Å². The molecule has 112 valence electrons. The van der Waals surface area contributed by atoms with Gasteiger partial charge in [0, 0.05) is 13.1 Å². The second-order valence-corrected chi connectivity index (χ2v) is 4.47. The Kier molecular flexibility index (Phi) is 3.02. The number of H-pyrrole nitrogens is 2. The summed E-state index contributed by atoms with van der Waals surface area (Å²) in [5.41, 5.74) is -2.39. The van der Waals surface area contributed by atoms with Crippen LogP contribution in [0.1, 0.15) is 11.5 Å². The molecule has 3 aromatic heterocycles. The number of nitrogens with one attached hydrogen (secondary N) is 2. The summed E-state index contributed by atoms with van der Waals surface area (Å²) >= 11 is 0. The molecule has 0 saturated carbocycles.